The van der Waals surface area contributed by atoms with E-state index in [-0.39, 0.29) is 29.7 Å². The fraction of sp³-hybridized carbons (Fsp3) is 0.462. The van der Waals surface area contributed by atoms with Crippen LogP contribution in [-0.2, 0) is 11.3 Å². The van der Waals surface area contributed by atoms with Crippen molar-refractivity contribution < 1.29 is 23.6 Å². The fourth-order valence-electron chi connectivity index (χ4n) is 5.56. The molecule has 182 valence electrons. The van der Waals surface area contributed by atoms with Crippen molar-refractivity contribution in [3.8, 4) is 11.3 Å². The molecular weight excluding hydrogens is 451 g/mol. The zero-order valence-electron chi connectivity index (χ0n) is 19.5. The van der Waals surface area contributed by atoms with Crippen LogP contribution in [0.3, 0.4) is 0 Å². The Bertz CT molecular complexity index is 1260. The number of carboxylic acids is 1. The Labute approximate surface area is 202 Å². The van der Waals surface area contributed by atoms with Gasteiger partial charge < -0.3 is 19.3 Å². The summed E-state index contributed by atoms with van der Waals surface area (Å²) in [5, 5.41) is 13.7. The molecule has 1 N–H and O–H groups in total. The Morgan fingerprint density at radius 1 is 1.17 bits per heavy atom. The minimum Gasteiger partial charge on any atom is -0.477 e. The first-order valence-corrected chi connectivity index (χ1v) is 12.2. The molecule has 2 aliphatic heterocycles. The van der Waals surface area contributed by atoms with Gasteiger partial charge >= 0.3 is 5.97 Å². The van der Waals surface area contributed by atoms with Crippen molar-refractivity contribution >= 4 is 11.9 Å². The highest BCUT2D eigenvalue weighted by Gasteiger charge is 2.43. The molecule has 1 saturated carbocycles. The number of benzene rings is 1. The fourth-order valence-corrected chi connectivity index (χ4v) is 5.56. The number of halogens is 1. The second-order valence-electron chi connectivity index (χ2n) is 9.86. The average Bonchev–Trinajstić information content (AvgIpc) is 3.53. The van der Waals surface area contributed by atoms with Gasteiger partial charge in [-0.3, -0.25) is 0 Å². The van der Waals surface area contributed by atoms with Crippen LogP contribution in [0.15, 0.2) is 34.9 Å². The summed E-state index contributed by atoms with van der Waals surface area (Å²) in [6.45, 7) is 2.16. The quantitative estimate of drug-likeness (QED) is 0.513. The predicted molar refractivity (Wildman–Crippen MR) is 125 cm³/mol. The van der Waals surface area contributed by atoms with Crippen LogP contribution in [-0.4, -0.2) is 44.4 Å². The average molecular weight is 479 g/mol. The number of rotatable bonds is 7. The molecule has 0 radical (unpaired) electrons. The molecule has 9 heteroatoms. The maximum absolute atomic E-state index is 13.9. The zero-order valence-corrected chi connectivity index (χ0v) is 19.5. The minimum atomic E-state index is -1.04. The van der Waals surface area contributed by atoms with E-state index in [9.17, 15) is 14.3 Å². The Hall–Kier alpha value is -3.33. The first-order valence-electron chi connectivity index (χ1n) is 12.2. The number of ether oxygens (including phenoxy) is 1. The highest BCUT2D eigenvalue weighted by atomic mass is 19.1. The van der Waals surface area contributed by atoms with E-state index in [0.29, 0.717) is 35.4 Å². The predicted octanol–water partition coefficient (Wildman–Crippen LogP) is 4.87. The molecule has 0 unspecified atom stereocenters. The van der Waals surface area contributed by atoms with Crippen LogP contribution in [0.4, 0.5) is 10.3 Å². The molecule has 2 aromatic heterocycles. The van der Waals surface area contributed by atoms with Crippen LogP contribution >= 0.6 is 0 Å². The lowest BCUT2D eigenvalue weighted by Gasteiger charge is -2.39. The number of aromatic nitrogens is 3. The van der Waals surface area contributed by atoms with E-state index in [1.54, 1.807) is 13.0 Å². The molecule has 35 heavy (non-hydrogen) atoms. The number of aryl methyl sites for hydroxylation is 1. The van der Waals surface area contributed by atoms with Gasteiger partial charge in [0.05, 0.1) is 12.7 Å². The van der Waals surface area contributed by atoms with Crippen LogP contribution in [0, 0.1) is 12.7 Å². The molecule has 0 spiro atoms. The maximum Gasteiger partial charge on any atom is 0.354 e. The zero-order chi connectivity index (χ0) is 24.1. The number of anilines is 1. The smallest absolute Gasteiger partial charge is 0.354 e. The monoisotopic (exact) mass is 478 g/mol. The molecule has 1 aromatic carbocycles. The van der Waals surface area contributed by atoms with E-state index in [1.165, 1.54) is 18.2 Å². The van der Waals surface area contributed by atoms with Gasteiger partial charge in [0.2, 0.25) is 5.95 Å². The Kier molecular flexibility index (Phi) is 5.51. The molecule has 3 fully saturated rings. The summed E-state index contributed by atoms with van der Waals surface area (Å²) in [4.78, 5) is 22.5. The normalized spacial score (nSPS) is 23.6. The Morgan fingerprint density at radius 3 is 2.63 bits per heavy atom. The van der Waals surface area contributed by atoms with Gasteiger partial charge in [0.15, 0.2) is 5.69 Å². The standard InChI is InChI=1S/C26H27FN4O4/c1-14-9-22(25(32)33)29-26(28-14)31-18-7-8-19(31)12-20(11-18)34-13-21-23(16-3-2-4-17(27)10-16)30-35-24(21)15-5-6-15/h2-4,9-10,15,18-20H,5-8,11-13H2,1H3,(H,32,33)/t18-,19+,20-. The summed E-state index contributed by atoms with van der Waals surface area (Å²) in [5.74, 6) is 0.370. The lowest BCUT2D eigenvalue weighted by molar-refractivity contribution is 0.0144. The van der Waals surface area contributed by atoms with Gasteiger partial charge in [-0.05, 0) is 63.6 Å². The van der Waals surface area contributed by atoms with E-state index in [4.69, 9.17) is 9.26 Å². The van der Waals surface area contributed by atoms with E-state index in [0.717, 1.165) is 49.8 Å². The van der Waals surface area contributed by atoms with Gasteiger partial charge in [-0.1, -0.05) is 17.3 Å². The van der Waals surface area contributed by atoms with Gasteiger partial charge in [0.25, 0.3) is 0 Å². The summed E-state index contributed by atoms with van der Waals surface area (Å²) in [7, 11) is 0. The molecule has 4 heterocycles. The Balaban J connectivity index is 1.19. The summed E-state index contributed by atoms with van der Waals surface area (Å²) >= 11 is 0. The number of aromatic carboxylic acids is 1. The molecule has 3 aromatic rings. The van der Waals surface area contributed by atoms with Gasteiger partial charge in [-0.15, -0.1) is 0 Å². The van der Waals surface area contributed by atoms with Crippen molar-refractivity contribution in [3.05, 3.63) is 58.9 Å². The number of piperidine rings is 1. The highest BCUT2D eigenvalue weighted by molar-refractivity contribution is 5.85. The topological polar surface area (TPSA) is 102 Å². The molecule has 2 saturated heterocycles. The number of nitrogens with zero attached hydrogens (tertiary/aromatic N) is 4. The third kappa shape index (κ3) is 4.29. The number of carboxylic acid groups (broad SMARTS) is 1. The summed E-state index contributed by atoms with van der Waals surface area (Å²) in [5.41, 5.74) is 2.94. The van der Waals surface area contributed by atoms with E-state index in [2.05, 4.69) is 20.0 Å². The van der Waals surface area contributed by atoms with Gasteiger partial charge in [-0.25, -0.2) is 19.2 Å². The molecule has 8 nitrogen and oxygen atoms in total. The number of hydrogen-bond donors (Lipinski definition) is 1. The summed E-state index contributed by atoms with van der Waals surface area (Å²) in [6, 6.07) is 8.32. The largest absolute Gasteiger partial charge is 0.477 e. The van der Waals surface area contributed by atoms with Crippen molar-refractivity contribution in [2.45, 2.75) is 76.2 Å². The molecule has 2 bridgehead atoms. The third-order valence-electron chi connectivity index (χ3n) is 7.31. The Morgan fingerprint density at radius 2 is 1.94 bits per heavy atom. The SMILES string of the molecule is Cc1cc(C(=O)O)nc(N2[C@@H]3CC[C@H]2C[C@H](OCc2c(-c4cccc(F)c4)noc2C2CC2)C3)n1. The first-order chi connectivity index (χ1) is 17.0. The number of fused-ring (bicyclic) bond motifs is 2. The van der Waals surface area contributed by atoms with Crippen LogP contribution in [0.2, 0.25) is 0 Å². The minimum absolute atomic E-state index is 0.0233. The summed E-state index contributed by atoms with van der Waals surface area (Å²) in [6.07, 6.45) is 5.82. The van der Waals surface area contributed by atoms with Crippen LogP contribution in [0.5, 0.6) is 0 Å². The highest BCUT2D eigenvalue weighted by Crippen LogP contribution is 2.45. The molecule has 3 aliphatic rings. The molecule has 1 aliphatic carbocycles. The van der Waals surface area contributed by atoms with E-state index < -0.39 is 5.97 Å². The molecular formula is C26H27FN4O4. The summed E-state index contributed by atoms with van der Waals surface area (Å²) < 4.78 is 26.0. The maximum atomic E-state index is 13.9. The van der Waals surface area contributed by atoms with E-state index >= 15 is 0 Å². The van der Waals surface area contributed by atoms with Crippen molar-refractivity contribution in [1.29, 1.82) is 0 Å². The number of hydrogen-bond acceptors (Lipinski definition) is 7. The van der Waals surface area contributed by atoms with Crippen LogP contribution in [0.25, 0.3) is 11.3 Å². The van der Waals surface area contributed by atoms with Crippen LogP contribution < -0.4 is 4.90 Å². The van der Waals surface area contributed by atoms with Crippen molar-refractivity contribution in [2.75, 3.05) is 4.90 Å². The van der Waals surface area contributed by atoms with Gasteiger partial charge in [0.1, 0.15) is 17.3 Å². The molecule has 6 rings (SSSR count). The van der Waals surface area contributed by atoms with Gasteiger partial charge in [-0.2, -0.15) is 0 Å². The molecule has 3 atom stereocenters. The lowest BCUT2D eigenvalue weighted by Crippen LogP contribution is -2.46. The van der Waals surface area contributed by atoms with E-state index in [1.807, 2.05) is 6.07 Å². The van der Waals surface area contributed by atoms with Crippen LogP contribution in [0.1, 0.15) is 71.9 Å². The van der Waals surface area contributed by atoms with Crippen molar-refractivity contribution in [2.24, 2.45) is 0 Å². The number of carbonyl (C=O) groups is 1. The molecule has 0 amide bonds. The lowest BCUT2D eigenvalue weighted by atomic mass is 9.99. The first kappa shape index (κ1) is 22.2. The van der Waals surface area contributed by atoms with Crippen molar-refractivity contribution in [1.82, 2.24) is 15.1 Å². The van der Waals surface area contributed by atoms with Crippen molar-refractivity contribution in [3.63, 3.8) is 0 Å². The third-order valence-corrected chi connectivity index (χ3v) is 7.31. The second kappa shape index (κ2) is 8.71. The van der Waals surface area contributed by atoms with Gasteiger partial charge in [0, 0.05) is 34.8 Å². The second-order valence-corrected chi connectivity index (χ2v) is 9.86.